The molecule has 2 rings (SSSR count). The lowest BCUT2D eigenvalue weighted by Gasteiger charge is -2.10. The molecular weight excluding hydrogens is 329 g/mol. The van der Waals surface area contributed by atoms with Gasteiger partial charge in [-0.2, -0.15) is 0 Å². The number of carbonyl (C=O) groups excluding carboxylic acids is 1. The molecule has 1 aromatic carbocycles. The maximum absolute atomic E-state index is 11.6. The highest BCUT2D eigenvalue weighted by molar-refractivity contribution is 7.18. The third-order valence-corrected chi connectivity index (χ3v) is 3.99. The number of hydrogen-bond acceptors (Lipinski definition) is 4. The molecule has 1 amide bonds. The van der Waals surface area contributed by atoms with Crippen molar-refractivity contribution < 1.29 is 4.79 Å². The number of nitrogens with zero attached hydrogens (tertiary/aromatic N) is 1. The molecule has 0 bridgehead atoms. The van der Waals surface area contributed by atoms with Gasteiger partial charge >= 0.3 is 0 Å². The third kappa shape index (κ3) is 6.18. The van der Waals surface area contributed by atoms with Crippen molar-refractivity contribution in [2.75, 3.05) is 6.54 Å². The van der Waals surface area contributed by atoms with Crippen molar-refractivity contribution in [2.45, 2.75) is 32.2 Å². The maximum Gasteiger partial charge on any atom is 0.220 e. The van der Waals surface area contributed by atoms with E-state index < -0.39 is 0 Å². The molecule has 0 aliphatic rings. The van der Waals surface area contributed by atoms with Crippen molar-refractivity contribution in [3.63, 3.8) is 0 Å². The first-order valence-electron chi connectivity index (χ1n) is 6.53. The fourth-order valence-corrected chi connectivity index (χ4v) is 2.84. The van der Waals surface area contributed by atoms with Gasteiger partial charge in [0, 0.05) is 19.0 Å². The SMILES string of the molecule is C[C@@H](CN)NC(=O)CCCc1nc2ccccc2s1.Cl.Cl. The number of para-hydroxylation sites is 1. The van der Waals surface area contributed by atoms with Crippen LogP contribution in [0.2, 0.25) is 0 Å². The number of benzene rings is 1. The summed E-state index contributed by atoms with van der Waals surface area (Å²) in [6, 6.07) is 8.16. The van der Waals surface area contributed by atoms with E-state index in [9.17, 15) is 4.79 Å². The Morgan fingerprint density at radius 2 is 2.10 bits per heavy atom. The van der Waals surface area contributed by atoms with Crippen LogP contribution in [0, 0.1) is 0 Å². The smallest absolute Gasteiger partial charge is 0.220 e. The summed E-state index contributed by atoms with van der Waals surface area (Å²) in [6.45, 7) is 2.38. The summed E-state index contributed by atoms with van der Waals surface area (Å²) in [5.41, 5.74) is 6.51. The summed E-state index contributed by atoms with van der Waals surface area (Å²) >= 11 is 1.70. The zero-order chi connectivity index (χ0) is 13.7. The zero-order valence-corrected chi connectivity index (χ0v) is 14.3. The van der Waals surface area contributed by atoms with E-state index in [2.05, 4.69) is 16.4 Å². The van der Waals surface area contributed by atoms with Gasteiger partial charge in [-0.3, -0.25) is 4.79 Å². The number of aryl methyl sites for hydroxylation is 1. The predicted octanol–water partition coefficient (Wildman–Crippen LogP) is 2.93. The maximum atomic E-state index is 11.6. The number of aromatic nitrogens is 1. The van der Waals surface area contributed by atoms with E-state index in [1.165, 1.54) is 4.70 Å². The van der Waals surface area contributed by atoms with Gasteiger partial charge in [-0.15, -0.1) is 36.2 Å². The van der Waals surface area contributed by atoms with Crippen LogP contribution in [-0.2, 0) is 11.2 Å². The second-order valence-electron chi connectivity index (χ2n) is 4.63. The Morgan fingerprint density at radius 1 is 1.38 bits per heavy atom. The van der Waals surface area contributed by atoms with Crippen LogP contribution in [0.4, 0.5) is 0 Å². The van der Waals surface area contributed by atoms with Gasteiger partial charge in [0.25, 0.3) is 0 Å². The van der Waals surface area contributed by atoms with E-state index in [1.54, 1.807) is 11.3 Å². The summed E-state index contributed by atoms with van der Waals surface area (Å²) < 4.78 is 1.21. The first-order valence-corrected chi connectivity index (χ1v) is 7.34. The molecule has 0 radical (unpaired) electrons. The van der Waals surface area contributed by atoms with Crippen LogP contribution in [0.25, 0.3) is 10.2 Å². The van der Waals surface area contributed by atoms with Crippen molar-refractivity contribution in [1.82, 2.24) is 10.3 Å². The molecule has 21 heavy (non-hydrogen) atoms. The predicted molar refractivity (Wildman–Crippen MR) is 93.7 cm³/mol. The van der Waals surface area contributed by atoms with Crippen LogP contribution < -0.4 is 11.1 Å². The lowest BCUT2D eigenvalue weighted by Crippen LogP contribution is -2.37. The number of amides is 1. The first kappa shape index (κ1) is 20.1. The average Bonchev–Trinajstić information content (AvgIpc) is 2.81. The van der Waals surface area contributed by atoms with Crippen molar-refractivity contribution in [3.8, 4) is 0 Å². The number of hydrogen-bond donors (Lipinski definition) is 2. The Hall–Kier alpha value is -0.880. The molecule has 7 heteroatoms. The molecule has 3 N–H and O–H groups in total. The van der Waals surface area contributed by atoms with E-state index in [0.717, 1.165) is 23.4 Å². The van der Waals surface area contributed by atoms with Crippen LogP contribution in [0.15, 0.2) is 24.3 Å². The van der Waals surface area contributed by atoms with Gasteiger partial charge in [-0.05, 0) is 31.9 Å². The van der Waals surface area contributed by atoms with Crippen LogP contribution in [0.5, 0.6) is 0 Å². The fraction of sp³-hybridized carbons (Fsp3) is 0.429. The number of halogens is 2. The molecule has 2 aromatic rings. The van der Waals surface area contributed by atoms with Crippen LogP contribution in [-0.4, -0.2) is 23.5 Å². The Bertz CT molecular complexity index is 529. The molecule has 0 saturated heterocycles. The highest BCUT2D eigenvalue weighted by Crippen LogP contribution is 2.22. The van der Waals surface area contributed by atoms with E-state index in [-0.39, 0.29) is 36.8 Å². The third-order valence-electron chi connectivity index (χ3n) is 2.89. The fourth-order valence-electron chi connectivity index (χ4n) is 1.83. The summed E-state index contributed by atoms with van der Waals surface area (Å²) in [6.07, 6.45) is 2.20. The normalized spacial score (nSPS) is 11.3. The van der Waals surface area contributed by atoms with E-state index in [4.69, 9.17) is 5.73 Å². The van der Waals surface area contributed by atoms with Gasteiger partial charge in [-0.25, -0.2) is 4.98 Å². The van der Waals surface area contributed by atoms with Crippen LogP contribution in [0.3, 0.4) is 0 Å². The van der Waals surface area contributed by atoms with E-state index in [1.807, 2.05) is 25.1 Å². The Balaban J connectivity index is 0.00000200. The standard InChI is InChI=1S/C14H19N3OS.2ClH/c1-10(9-15)16-13(18)7-4-8-14-17-11-5-2-3-6-12(11)19-14;;/h2-3,5-6,10H,4,7-9,15H2,1H3,(H,16,18);2*1H/t10-;;/m0../s1. The van der Waals surface area contributed by atoms with E-state index in [0.29, 0.717) is 13.0 Å². The highest BCUT2D eigenvalue weighted by Gasteiger charge is 2.07. The van der Waals surface area contributed by atoms with E-state index >= 15 is 0 Å². The molecule has 0 saturated carbocycles. The molecule has 1 heterocycles. The van der Waals surface area contributed by atoms with Gasteiger partial charge in [0.05, 0.1) is 15.2 Å². The zero-order valence-electron chi connectivity index (χ0n) is 11.9. The van der Waals surface area contributed by atoms with Crippen LogP contribution in [0.1, 0.15) is 24.8 Å². The van der Waals surface area contributed by atoms with Crippen molar-refractivity contribution in [2.24, 2.45) is 5.73 Å². The number of thiazole rings is 1. The van der Waals surface area contributed by atoms with Gasteiger partial charge in [0.15, 0.2) is 0 Å². The van der Waals surface area contributed by atoms with Crippen LogP contribution >= 0.6 is 36.2 Å². The topological polar surface area (TPSA) is 68.0 Å². The minimum absolute atomic E-state index is 0. The quantitative estimate of drug-likeness (QED) is 0.842. The van der Waals surface area contributed by atoms with Crippen molar-refractivity contribution in [3.05, 3.63) is 29.3 Å². The molecule has 4 nitrogen and oxygen atoms in total. The van der Waals surface area contributed by atoms with Gasteiger partial charge < -0.3 is 11.1 Å². The lowest BCUT2D eigenvalue weighted by molar-refractivity contribution is -0.121. The summed E-state index contributed by atoms with van der Waals surface area (Å²) in [4.78, 5) is 16.1. The van der Waals surface area contributed by atoms with Crippen molar-refractivity contribution >= 4 is 52.3 Å². The number of fused-ring (bicyclic) bond motifs is 1. The highest BCUT2D eigenvalue weighted by atomic mass is 35.5. The summed E-state index contributed by atoms with van der Waals surface area (Å²) in [7, 11) is 0. The molecule has 0 unspecified atom stereocenters. The molecule has 1 aromatic heterocycles. The van der Waals surface area contributed by atoms with Gasteiger partial charge in [0.1, 0.15) is 0 Å². The van der Waals surface area contributed by atoms with Gasteiger partial charge in [-0.1, -0.05) is 12.1 Å². The number of rotatable bonds is 6. The Morgan fingerprint density at radius 3 is 2.76 bits per heavy atom. The molecule has 118 valence electrons. The second-order valence-corrected chi connectivity index (χ2v) is 5.75. The molecule has 0 aliphatic heterocycles. The summed E-state index contributed by atoms with van der Waals surface area (Å²) in [5.74, 6) is 0.0686. The molecule has 0 fully saturated rings. The molecule has 0 spiro atoms. The number of nitrogens with two attached hydrogens (primary N) is 1. The molecule has 0 aliphatic carbocycles. The minimum atomic E-state index is 0. The second kappa shape index (κ2) is 9.95. The minimum Gasteiger partial charge on any atom is -0.352 e. The largest absolute Gasteiger partial charge is 0.352 e. The van der Waals surface area contributed by atoms with Crippen molar-refractivity contribution in [1.29, 1.82) is 0 Å². The molecular formula is C14H21Cl2N3OS. The number of carbonyl (C=O) groups is 1. The monoisotopic (exact) mass is 349 g/mol. The van der Waals surface area contributed by atoms with Gasteiger partial charge in [0.2, 0.25) is 5.91 Å². The molecule has 1 atom stereocenters. The average molecular weight is 350 g/mol. The Kier molecular flexibility index (Phi) is 9.53. The lowest BCUT2D eigenvalue weighted by atomic mass is 10.2. The first-order chi connectivity index (χ1) is 9.19. The number of nitrogens with one attached hydrogen (secondary N) is 1. The Labute approximate surface area is 141 Å². The summed E-state index contributed by atoms with van der Waals surface area (Å²) in [5, 5.41) is 3.96.